The molecule has 0 aromatic heterocycles. The van der Waals surface area contributed by atoms with E-state index in [0.717, 1.165) is 33.5 Å². The first kappa shape index (κ1) is 27.8. The molecule has 0 heterocycles. The normalized spacial score (nSPS) is 13.7. The number of methoxy groups -OCH3 is 2. The minimum atomic E-state index is -0.727. The highest BCUT2D eigenvalue weighted by atomic mass is 79.9. The molecular formula is C25H31BrO5S2. The van der Waals surface area contributed by atoms with Crippen molar-refractivity contribution >= 4 is 51.4 Å². The molecule has 0 radical (unpaired) electrons. The van der Waals surface area contributed by atoms with E-state index in [0.29, 0.717) is 19.3 Å². The van der Waals surface area contributed by atoms with E-state index >= 15 is 0 Å². The molecule has 0 aliphatic carbocycles. The van der Waals surface area contributed by atoms with Crippen LogP contribution in [0.4, 0.5) is 0 Å². The van der Waals surface area contributed by atoms with E-state index in [1.807, 2.05) is 54.2 Å². The molecule has 0 fully saturated rings. The fourth-order valence-corrected chi connectivity index (χ4v) is 6.97. The second kappa shape index (κ2) is 14.7. The van der Waals surface area contributed by atoms with E-state index < -0.39 is 6.10 Å². The summed E-state index contributed by atoms with van der Waals surface area (Å²) < 4.78 is 9.21. The van der Waals surface area contributed by atoms with Gasteiger partial charge in [0, 0.05) is 23.1 Å². The molecule has 0 aliphatic rings. The average Bonchev–Trinajstić information content (AvgIpc) is 2.86. The summed E-state index contributed by atoms with van der Waals surface area (Å²) in [6, 6.07) is 18.0. The summed E-state index contributed by atoms with van der Waals surface area (Å²) >= 11 is 7.08. The Balaban J connectivity index is 2.26. The Morgan fingerprint density at radius 2 is 1.64 bits per heavy atom. The number of hydrogen-bond donors (Lipinski definition) is 1. The summed E-state index contributed by atoms with van der Waals surface area (Å²) in [7, 11) is 2.76. The Kier molecular flexibility index (Phi) is 12.4. The summed E-state index contributed by atoms with van der Waals surface area (Å²) in [5.74, 6) is 0.389. The SMILES string of the molecule is COC(=O)CCC(O)c1ccc(SC(CCC(=O)OC)(SCCCBr)c2ccccc2)cc1. The Bertz CT molecular complexity index is 863. The van der Waals surface area contributed by atoms with Crippen molar-refractivity contribution in [2.24, 2.45) is 0 Å². The van der Waals surface area contributed by atoms with Crippen molar-refractivity contribution in [3.8, 4) is 0 Å². The lowest BCUT2D eigenvalue weighted by atomic mass is 10.1. The lowest BCUT2D eigenvalue weighted by Gasteiger charge is -2.33. The van der Waals surface area contributed by atoms with Crippen LogP contribution in [0.15, 0.2) is 59.5 Å². The van der Waals surface area contributed by atoms with Crippen LogP contribution in [0.25, 0.3) is 0 Å². The maximum absolute atomic E-state index is 12.0. The zero-order valence-corrected chi connectivity index (χ0v) is 22.2. The van der Waals surface area contributed by atoms with Crippen LogP contribution in [0.5, 0.6) is 0 Å². The Morgan fingerprint density at radius 3 is 2.24 bits per heavy atom. The van der Waals surface area contributed by atoms with Crippen molar-refractivity contribution in [3.05, 3.63) is 65.7 Å². The van der Waals surface area contributed by atoms with Gasteiger partial charge in [0.2, 0.25) is 0 Å². The van der Waals surface area contributed by atoms with Crippen LogP contribution in [-0.4, -0.2) is 42.3 Å². The molecular weight excluding hydrogens is 524 g/mol. The maximum Gasteiger partial charge on any atom is 0.305 e. The molecule has 1 N–H and O–H groups in total. The number of thioether (sulfide) groups is 2. The van der Waals surface area contributed by atoms with Crippen LogP contribution in [-0.2, 0) is 23.1 Å². The molecule has 180 valence electrons. The number of carbonyl (C=O) groups is 2. The van der Waals surface area contributed by atoms with Gasteiger partial charge in [-0.05, 0) is 48.3 Å². The largest absolute Gasteiger partial charge is 0.469 e. The highest BCUT2D eigenvalue weighted by Gasteiger charge is 2.34. The molecule has 0 bridgehead atoms. The van der Waals surface area contributed by atoms with Crippen molar-refractivity contribution in [1.29, 1.82) is 0 Å². The van der Waals surface area contributed by atoms with Crippen LogP contribution in [0.3, 0.4) is 0 Å². The molecule has 2 rings (SSSR count). The van der Waals surface area contributed by atoms with Crippen LogP contribution < -0.4 is 0 Å². The summed E-state index contributed by atoms with van der Waals surface area (Å²) in [5, 5.41) is 11.3. The molecule has 2 aromatic rings. The molecule has 2 aromatic carbocycles. The summed E-state index contributed by atoms with van der Waals surface area (Å²) in [6.07, 6.45) is 1.73. The third-order valence-electron chi connectivity index (χ3n) is 5.11. The van der Waals surface area contributed by atoms with Gasteiger partial charge in [-0.1, -0.05) is 58.4 Å². The first-order valence-electron chi connectivity index (χ1n) is 10.8. The maximum atomic E-state index is 12.0. The van der Waals surface area contributed by atoms with Crippen LogP contribution in [0.1, 0.15) is 49.3 Å². The third kappa shape index (κ3) is 9.00. The van der Waals surface area contributed by atoms with Gasteiger partial charge >= 0.3 is 11.9 Å². The lowest BCUT2D eigenvalue weighted by molar-refractivity contribution is -0.141. The Hall–Kier alpha value is -1.48. The Morgan fingerprint density at radius 1 is 1.00 bits per heavy atom. The van der Waals surface area contributed by atoms with Crippen molar-refractivity contribution in [2.45, 2.75) is 47.2 Å². The van der Waals surface area contributed by atoms with E-state index in [1.165, 1.54) is 14.2 Å². The van der Waals surface area contributed by atoms with Gasteiger partial charge in [0.25, 0.3) is 0 Å². The number of hydrogen-bond acceptors (Lipinski definition) is 7. The molecule has 0 amide bonds. The van der Waals surface area contributed by atoms with Gasteiger partial charge in [-0.3, -0.25) is 9.59 Å². The van der Waals surface area contributed by atoms with Crippen molar-refractivity contribution < 1.29 is 24.2 Å². The van der Waals surface area contributed by atoms with E-state index in [1.54, 1.807) is 11.8 Å². The number of ether oxygens (including phenoxy) is 2. The van der Waals surface area contributed by atoms with Crippen LogP contribution in [0, 0.1) is 0 Å². The van der Waals surface area contributed by atoms with Crippen molar-refractivity contribution in [3.63, 3.8) is 0 Å². The summed E-state index contributed by atoms with van der Waals surface area (Å²) in [5.41, 5.74) is 1.91. The van der Waals surface area contributed by atoms with E-state index in [4.69, 9.17) is 4.74 Å². The lowest BCUT2D eigenvalue weighted by Crippen LogP contribution is -2.21. The number of aliphatic hydroxyl groups excluding tert-OH is 1. The number of halogens is 1. The van der Waals surface area contributed by atoms with Gasteiger partial charge in [-0.25, -0.2) is 0 Å². The Labute approximate surface area is 213 Å². The number of rotatable bonds is 14. The van der Waals surface area contributed by atoms with Crippen molar-refractivity contribution in [2.75, 3.05) is 25.3 Å². The fourth-order valence-electron chi connectivity index (χ4n) is 3.26. The first-order chi connectivity index (χ1) is 15.9. The zero-order valence-electron chi connectivity index (χ0n) is 19.0. The smallest absolute Gasteiger partial charge is 0.305 e. The van der Waals surface area contributed by atoms with Gasteiger partial charge in [0.15, 0.2) is 0 Å². The van der Waals surface area contributed by atoms with E-state index in [2.05, 4.69) is 32.8 Å². The van der Waals surface area contributed by atoms with E-state index in [9.17, 15) is 14.7 Å². The second-order valence-electron chi connectivity index (χ2n) is 7.39. The first-order valence-corrected chi connectivity index (χ1v) is 13.7. The minimum Gasteiger partial charge on any atom is -0.469 e. The second-order valence-corrected chi connectivity index (χ2v) is 11.2. The van der Waals surface area contributed by atoms with Gasteiger partial charge in [0.1, 0.15) is 0 Å². The zero-order chi connectivity index (χ0) is 24.1. The molecule has 2 atom stereocenters. The molecule has 33 heavy (non-hydrogen) atoms. The average molecular weight is 556 g/mol. The molecule has 8 heteroatoms. The predicted molar refractivity (Wildman–Crippen MR) is 139 cm³/mol. The quantitative estimate of drug-likeness (QED) is 0.0995. The van der Waals surface area contributed by atoms with Gasteiger partial charge in [0.05, 0.1) is 24.4 Å². The highest BCUT2D eigenvalue weighted by Crippen LogP contribution is 2.53. The molecule has 5 nitrogen and oxygen atoms in total. The molecule has 0 spiro atoms. The highest BCUT2D eigenvalue weighted by molar-refractivity contribution is 9.09. The third-order valence-corrected chi connectivity index (χ3v) is 8.95. The topological polar surface area (TPSA) is 72.8 Å². The molecule has 0 saturated carbocycles. The van der Waals surface area contributed by atoms with Gasteiger partial charge in [-0.2, -0.15) is 0 Å². The molecule has 0 aliphatic heterocycles. The number of alkyl halides is 1. The number of aliphatic hydroxyl groups is 1. The monoisotopic (exact) mass is 554 g/mol. The molecule has 0 saturated heterocycles. The number of benzene rings is 2. The van der Waals surface area contributed by atoms with Crippen LogP contribution in [0.2, 0.25) is 0 Å². The van der Waals surface area contributed by atoms with Crippen LogP contribution >= 0.6 is 39.5 Å². The fraction of sp³-hybridized carbons (Fsp3) is 0.440. The predicted octanol–water partition coefficient (Wildman–Crippen LogP) is 6.09. The van der Waals surface area contributed by atoms with Crippen molar-refractivity contribution in [1.82, 2.24) is 0 Å². The number of carbonyl (C=O) groups excluding carboxylic acids is 2. The summed E-state index contributed by atoms with van der Waals surface area (Å²) in [4.78, 5) is 24.4. The number of esters is 2. The van der Waals surface area contributed by atoms with Gasteiger partial charge in [-0.15, -0.1) is 23.5 Å². The standard InChI is InChI=1S/C25H31BrO5S2/c1-30-23(28)14-13-22(27)19-9-11-21(12-10-19)33-25(32-18-6-17-26,16-15-24(29)31-2)20-7-4-3-5-8-20/h3-5,7-12,22,27H,6,13-18H2,1-2H3. The molecule has 2 unspecified atom stereocenters. The van der Waals surface area contributed by atoms with E-state index in [-0.39, 0.29) is 22.4 Å². The summed E-state index contributed by atoms with van der Waals surface area (Å²) in [6.45, 7) is 0. The van der Waals surface area contributed by atoms with Gasteiger partial charge < -0.3 is 14.6 Å². The minimum absolute atomic E-state index is 0.170.